The van der Waals surface area contributed by atoms with E-state index in [1.807, 2.05) is 0 Å². The van der Waals surface area contributed by atoms with Crippen LogP contribution in [-0.2, 0) is 20.6 Å². The van der Waals surface area contributed by atoms with Crippen LogP contribution in [0.3, 0.4) is 0 Å². The van der Waals surface area contributed by atoms with Crippen molar-refractivity contribution in [3.8, 4) is 0 Å². The number of hydrogen-bond donors (Lipinski definition) is 2. The van der Waals surface area contributed by atoms with E-state index in [9.17, 15) is 18.4 Å². The number of nitrogens with zero attached hydrogens (tertiary/aromatic N) is 3. The number of thioether (sulfide) groups is 1. The fraction of sp³-hybridized carbons (Fsp3) is 0.258. The van der Waals surface area contributed by atoms with E-state index in [-0.39, 0.29) is 24.3 Å². The highest BCUT2D eigenvalue weighted by molar-refractivity contribution is 7.99. The van der Waals surface area contributed by atoms with E-state index < -0.39 is 25.1 Å². The van der Waals surface area contributed by atoms with Crippen LogP contribution in [0.4, 0.5) is 20.3 Å². The number of hydrogen-bond acceptors (Lipinski definition) is 7. The lowest BCUT2D eigenvalue weighted by Crippen LogP contribution is -2.40. The van der Waals surface area contributed by atoms with Crippen LogP contribution >= 0.6 is 42.4 Å². The number of esters is 1. The number of alkyl halides is 2. The minimum atomic E-state index is -3.82. The highest BCUT2D eigenvalue weighted by Gasteiger charge is 2.40. The first-order valence-electron chi connectivity index (χ1n) is 14.4. The molecule has 4 aromatic rings. The molecule has 1 aromatic heterocycles. The summed E-state index contributed by atoms with van der Waals surface area (Å²) < 4.78 is 55.4. The van der Waals surface area contributed by atoms with Crippen molar-refractivity contribution in [3.05, 3.63) is 99.7 Å². The molecule has 0 aliphatic carbocycles. The molecule has 2 heterocycles. The summed E-state index contributed by atoms with van der Waals surface area (Å²) in [5.74, 6) is -3.54. The summed E-state index contributed by atoms with van der Waals surface area (Å²) in [6.45, 7) is 2.80. The highest BCUT2D eigenvalue weighted by atomic mass is 35.5. The van der Waals surface area contributed by atoms with Crippen molar-refractivity contribution < 1.29 is 32.4 Å². The van der Waals surface area contributed by atoms with Gasteiger partial charge in [-0.25, -0.2) is 14.1 Å². The average Bonchev–Trinajstić information content (AvgIpc) is 3.37. The van der Waals surface area contributed by atoms with Crippen molar-refractivity contribution in [1.29, 1.82) is 0 Å². The molecule has 2 N–H and O–H groups in total. The molecular formula is C31H30Cl2F2N5O5PS. The summed E-state index contributed by atoms with van der Waals surface area (Å²) in [6.07, 6.45) is 0. The second kappa shape index (κ2) is 15.6. The first kappa shape index (κ1) is 34.9. The van der Waals surface area contributed by atoms with Crippen LogP contribution in [0.25, 0.3) is 0 Å². The second-order valence-corrected chi connectivity index (χ2v) is 14.6. The molecule has 1 aliphatic heterocycles. The first-order valence-corrected chi connectivity index (χ1v) is 17.7. The number of benzene rings is 3. The fourth-order valence-electron chi connectivity index (χ4n) is 4.88. The van der Waals surface area contributed by atoms with Gasteiger partial charge in [-0.2, -0.15) is 13.9 Å². The van der Waals surface area contributed by atoms with Crippen molar-refractivity contribution in [1.82, 2.24) is 14.5 Å². The highest BCUT2D eigenvalue weighted by Crippen LogP contribution is 2.51. The second-order valence-electron chi connectivity index (χ2n) is 10.3. The molecule has 1 atom stereocenters. The van der Waals surface area contributed by atoms with Crippen LogP contribution in [0.5, 0.6) is 0 Å². The van der Waals surface area contributed by atoms with Gasteiger partial charge >= 0.3 is 5.97 Å². The Kier molecular flexibility index (Phi) is 11.6. The molecule has 1 saturated heterocycles. The standard InChI is InChI=1S/C31H30Cl2F2N5O5PS/c1-20-27(46(43,39-14-17-44-18-15-39)38-25-10-12-26(13-11-25)47-31(34)35)28(36-29(41)21-2-6-23(32)7-3-21)40(37-20)16-19-45-30(42)22-4-8-24(33)9-5-22/h2-13,31H,14-19H2,1H3,(H,36,41)(H,38,43)/t46-/m0/s1. The molecule has 1 amide bonds. The van der Waals surface area contributed by atoms with Gasteiger partial charge in [0.15, 0.2) is 0 Å². The molecule has 10 nitrogen and oxygen atoms in total. The summed E-state index contributed by atoms with van der Waals surface area (Å²) in [6, 6.07) is 18.7. The summed E-state index contributed by atoms with van der Waals surface area (Å²) >= 11 is 12.4. The smallest absolute Gasteiger partial charge is 0.338 e. The van der Waals surface area contributed by atoms with E-state index in [0.717, 1.165) is 0 Å². The van der Waals surface area contributed by atoms with Gasteiger partial charge < -0.3 is 19.9 Å². The van der Waals surface area contributed by atoms with E-state index in [2.05, 4.69) is 15.5 Å². The van der Waals surface area contributed by atoms with Crippen LogP contribution in [0.2, 0.25) is 10.0 Å². The van der Waals surface area contributed by atoms with Gasteiger partial charge in [0.1, 0.15) is 17.7 Å². The maximum Gasteiger partial charge on any atom is 0.338 e. The Labute approximate surface area is 284 Å². The van der Waals surface area contributed by atoms with Gasteiger partial charge in [-0.15, -0.1) is 0 Å². The Morgan fingerprint density at radius 2 is 1.57 bits per heavy atom. The zero-order valence-electron chi connectivity index (χ0n) is 25.0. The molecule has 0 bridgehead atoms. The Bertz CT molecular complexity index is 1760. The number of aromatic nitrogens is 2. The van der Waals surface area contributed by atoms with Crippen LogP contribution in [-0.4, -0.2) is 65.0 Å². The number of carbonyl (C=O) groups excluding carboxylic acids is 2. The minimum Gasteiger partial charge on any atom is -0.460 e. The molecule has 248 valence electrons. The third-order valence-electron chi connectivity index (χ3n) is 7.10. The number of ether oxygens (including phenoxy) is 2. The van der Waals surface area contributed by atoms with Crippen molar-refractivity contribution in [3.63, 3.8) is 0 Å². The number of rotatable bonds is 12. The molecule has 1 aliphatic rings. The van der Waals surface area contributed by atoms with E-state index in [4.69, 9.17) is 32.7 Å². The van der Waals surface area contributed by atoms with Gasteiger partial charge in [0, 0.05) is 39.3 Å². The zero-order valence-corrected chi connectivity index (χ0v) is 28.2. The molecule has 1 fully saturated rings. The topological polar surface area (TPSA) is 115 Å². The molecule has 0 saturated carbocycles. The van der Waals surface area contributed by atoms with Crippen molar-refractivity contribution in [2.45, 2.75) is 24.1 Å². The van der Waals surface area contributed by atoms with E-state index in [0.29, 0.717) is 75.5 Å². The quantitative estimate of drug-likeness (QED) is 0.0891. The Morgan fingerprint density at radius 1 is 0.979 bits per heavy atom. The van der Waals surface area contributed by atoms with Gasteiger partial charge in [-0.05, 0) is 79.7 Å². The fourth-order valence-corrected chi connectivity index (χ4v) is 8.34. The molecule has 47 heavy (non-hydrogen) atoms. The molecule has 0 spiro atoms. The molecule has 5 rings (SSSR count). The number of amides is 1. The largest absolute Gasteiger partial charge is 0.460 e. The molecule has 0 radical (unpaired) electrons. The molecular weight excluding hydrogens is 694 g/mol. The molecule has 16 heteroatoms. The Morgan fingerprint density at radius 3 is 2.17 bits per heavy atom. The van der Waals surface area contributed by atoms with Gasteiger partial charge in [0.05, 0.1) is 31.0 Å². The lowest BCUT2D eigenvalue weighted by atomic mass is 10.2. The maximum absolute atomic E-state index is 15.3. The summed E-state index contributed by atoms with van der Waals surface area (Å²) in [7, 11) is -3.82. The predicted octanol–water partition coefficient (Wildman–Crippen LogP) is 7.19. The van der Waals surface area contributed by atoms with E-state index in [1.54, 1.807) is 72.3 Å². The Balaban J connectivity index is 1.51. The first-order chi connectivity index (χ1) is 22.5. The minimum absolute atomic E-state index is 0.0130. The maximum atomic E-state index is 15.3. The van der Waals surface area contributed by atoms with Gasteiger partial charge in [-0.1, -0.05) is 35.0 Å². The van der Waals surface area contributed by atoms with Crippen LogP contribution in [0.1, 0.15) is 26.4 Å². The predicted molar refractivity (Wildman–Crippen MR) is 180 cm³/mol. The lowest BCUT2D eigenvalue weighted by molar-refractivity contribution is 0.0488. The summed E-state index contributed by atoms with van der Waals surface area (Å²) in [4.78, 5) is 26.5. The van der Waals surface area contributed by atoms with Crippen LogP contribution < -0.4 is 15.7 Å². The van der Waals surface area contributed by atoms with Crippen molar-refractivity contribution in [2.24, 2.45) is 0 Å². The molecule has 0 unspecified atom stereocenters. The Hall–Kier alpha value is -3.45. The third kappa shape index (κ3) is 8.72. The van der Waals surface area contributed by atoms with Crippen LogP contribution in [0, 0.1) is 6.92 Å². The van der Waals surface area contributed by atoms with Gasteiger partial charge in [0.2, 0.25) is 0 Å². The number of halogens is 4. The normalized spacial score (nSPS) is 14.9. The van der Waals surface area contributed by atoms with E-state index >= 15 is 4.57 Å². The number of aryl methyl sites for hydroxylation is 1. The van der Waals surface area contributed by atoms with Crippen molar-refractivity contribution in [2.75, 3.05) is 43.3 Å². The SMILES string of the molecule is Cc1nn(CCOC(=O)c2ccc(Cl)cc2)c(NC(=O)c2ccc(Cl)cc2)c1[P@](=O)(Nc1ccc(SC(F)F)cc1)N1CCOCC1. The number of anilines is 2. The van der Waals surface area contributed by atoms with Gasteiger partial charge in [-0.3, -0.25) is 9.36 Å². The summed E-state index contributed by atoms with van der Waals surface area (Å²) in [5, 5.41) is 11.8. The van der Waals surface area contributed by atoms with Gasteiger partial charge in [0.25, 0.3) is 19.1 Å². The number of nitrogens with one attached hydrogen (secondary N) is 2. The monoisotopic (exact) mass is 723 g/mol. The van der Waals surface area contributed by atoms with Crippen LogP contribution in [0.15, 0.2) is 77.7 Å². The average molecular weight is 725 g/mol. The third-order valence-corrected chi connectivity index (χ3v) is 11.2. The summed E-state index contributed by atoms with van der Waals surface area (Å²) in [5.41, 5.74) is 1.37. The number of carbonyl (C=O) groups is 2. The van der Waals surface area contributed by atoms with E-state index in [1.165, 1.54) is 16.8 Å². The number of morpholine rings is 1. The molecule has 3 aromatic carbocycles. The van der Waals surface area contributed by atoms with Crippen molar-refractivity contribution >= 4 is 71.1 Å². The zero-order chi connectivity index (χ0) is 33.6. The lowest BCUT2D eigenvalue weighted by Gasteiger charge is -2.35.